The summed E-state index contributed by atoms with van der Waals surface area (Å²) in [5.41, 5.74) is 0.779. The Morgan fingerprint density at radius 2 is 2.00 bits per heavy atom. The van der Waals surface area contributed by atoms with E-state index in [4.69, 9.17) is 4.74 Å². The van der Waals surface area contributed by atoms with Gasteiger partial charge in [0.15, 0.2) is 0 Å². The van der Waals surface area contributed by atoms with Gasteiger partial charge in [-0.2, -0.15) is 0 Å². The number of carbonyl (C=O) groups excluding carboxylic acids is 1. The van der Waals surface area contributed by atoms with Crippen molar-refractivity contribution in [3.05, 3.63) is 48.6 Å². The van der Waals surface area contributed by atoms with Crippen LogP contribution in [-0.4, -0.2) is 35.7 Å². The topological polar surface area (TPSA) is 41.6 Å². The molecule has 0 aliphatic heterocycles. The van der Waals surface area contributed by atoms with Crippen molar-refractivity contribution in [2.45, 2.75) is 70.2 Å². The number of amides is 1. The molecular formula is C21H32N2O2. The van der Waals surface area contributed by atoms with Crippen molar-refractivity contribution in [1.29, 1.82) is 0 Å². The number of carbonyl (C=O) groups is 1. The van der Waals surface area contributed by atoms with E-state index < -0.39 is 0 Å². The predicted molar refractivity (Wildman–Crippen MR) is 102 cm³/mol. The Labute approximate surface area is 152 Å². The van der Waals surface area contributed by atoms with E-state index in [9.17, 15) is 4.79 Å². The Morgan fingerprint density at radius 1 is 1.36 bits per heavy atom. The van der Waals surface area contributed by atoms with Gasteiger partial charge in [0.1, 0.15) is 6.61 Å². The van der Waals surface area contributed by atoms with Crippen LogP contribution < -0.4 is 5.32 Å². The molecule has 0 radical (unpaired) electrons. The molecule has 0 unspecified atom stereocenters. The molecule has 0 heterocycles. The van der Waals surface area contributed by atoms with Crippen LogP contribution in [-0.2, 0) is 11.3 Å². The minimum Gasteiger partial charge on any atom is -0.445 e. The second-order valence-electron chi connectivity index (χ2n) is 7.45. The predicted octanol–water partition coefficient (Wildman–Crippen LogP) is 4.51. The van der Waals surface area contributed by atoms with Gasteiger partial charge in [0.25, 0.3) is 0 Å². The Bertz CT molecular complexity index is 548. The Balaban J connectivity index is 1.89. The highest BCUT2D eigenvalue weighted by molar-refractivity contribution is 5.68. The third-order valence-corrected chi connectivity index (χ3v) is 5.42. The average molecular weight is 344 g/mol. The highest BCUT2D eigenvalue weighted by Gasteiger charge is 2.37. The maximum absolute atomic E-state index is 12.3. The molecule has 1 N–H and O–H groups in total. The molecule has 0 saturated heterocycles. The number of hydrogen-bond acceptors (Lipinski definition) is 3. The molecule has 2 rings (SSSR count). The number of hydrogen-bond donors (Lipinski definition) is 1. The van der Waals surface area contributed by atoms with Crippen LogP contribution in [0.4, 0.5) is 4.79 Å². The van der Waals surface area contributed by atoms with Crippen molar-refractivity contribution in [1.82, 2.24) is 10.2 Å². The van der Waals surface area contributed by atoms with Gasteiger partial charge in [0.05, 0.1) is 0 Å². The normalized spacial score (nSPS) is 23.5. The van der Waals surface area contributed by atoms with Gasteiger partial charge >= 0.3 is 6.09 Å². The Morgan fingerprint density at radius 3 is 2.56 bits per heavy atom. The number of nitrogens with zero attached hydrogens (tertiary/aromatic N) is 1. The van der Waals surface area contributed by atoms with E-state index in [1.54, 1.807) is 0 Å². The Kier molecular flexibility index (Phi) is 7.06. The molecule has 1 saturated carbocycles. The lowest BCUT2D eigenvalue weighted by atomic mass is 9.76. The molecule has 4 nitrogen and oxygen atoms in total. The molecule has 1 aliphatic carbocycles. The van der Waals surface area contributed by atoms with Gasteiger partial charge in [-0.1, -0.05) is 36.4 Å². The number of rotatable bonds is 7. The van der Waals surface area contributed by atoms with E-state index in [0.29, 0.717) is 18.7 Å². The van der Waals surface area contributed by atoms with Gasteiger partial charge < -0.3 is 15.0 Å². The summed E-state index contributed by atoms with van der Waals surface area (Å²) in [5, 5.41) is 3.14. The average Bonchev–Trinajstić information content (AvgIpc) is 2.61. The van der Waals surface area contributed by atoms with Gasteiger partial charge in [0, 0.05) is 17.6 Å². The molecule has 1 fully saturated rings. The SMILES string of the molecule is C=CCC1(NC(=O)OCc2ccccc2)CCC(N(C)C(C)C)CC1. The number of ether oxygens (including phenoxy) is 1. The maximum atomic E-state index is 12.3. The van der Waals surface area contributed by atoms with E-state index >= 15 is 0 Å². The fourth-order valence-electron chi connectivity index (χ4n) is 3.62. The summed E-state index contributed by atoms with van der Waals surface area (Å²) in [6, 6.07) is 10.9. The van der Waals surface area contributed by atoms with Gasteiger partial charge in [-0.15, -0.1) is 6.58 Å². The lowest BCUT2D eigenvalue weighted by Gasteiger charge is -2.43. The van der Waals surface area contributed by atoms with E-state index in [2.05, 4.69) is 37.7 Å². The van der Waals surface area contributed by atoms with Crippen molar-refractivity contribution in [2.24, 2.45) is 0 Å². The molecule has 1 aliphatic rings. The molecular weight excluding hydrogens is 312 g/mol. The van der Waals surface area contributed by atoms with Crippen molar-refractivity contribution < 1.29 is 9.53 Å². The number of alkyl carbamates (subject to hydrolysis) is 1. The van der Waals surface area contributed by atoms with Gasteiger partial charge in [-0.3, -0.25) is 0 Å². The molecule has 4 heteroatoms. The van der Waals surface area contributed by atoms with Gasteiger partial charge in [-0.25, -0.2) is 4.79 Å². The second kappa shape index (κ2) is 9.04. The smallest absolute Gasteiger partial charge is 0.407 e. The first-order valence-corrected chi connectivity index (χ1v) is 9.27. The Hall–Kier alpha value is -1.81. The van der Waals surface area contributed by atoms with Crippen molar-refractivity contribution in [2.75, 3.05) is 7.05 Å². The van der Waals surface area contributed by atoms with E-state index in [1.807, 2.05) is 36.4 Å². The first-order chi connectivity index (χ1) is 12.0. The van der Waals surface area contributed by atoms with Crippen LogP contribution >= 0.6 is 0 Å². The van der Waals surface area contributed by atoms with Crippen LogP contribution in [0.15, 0.2) is 43.0 Å². The summed E-state index contributed by atoms with van der Waals surface area (Å²) in [7, 11) is 2.19. The van der Waals surface area contributed by atoms with Gasteiger partial charge in [0.2, 0.25) is 0 Å². The first kappa shape index (κ1) is 19.5. The molecule has 138 valence electrons. The summed E-state index contributed by atoms with van der Waals surface area (Å²) in [5.74, 6) is 0. The monoisotopic (exact) mass is 344 g/mol. The third-order valence-electron chi connectivity index (χ3n) is 5.42. The minimum absolute atomic E-state index is 0.218. The van der Waals surface area contributed by atoms with Crippen molar-refractivity contribution in [3.63, 3.8) is 0 Å². The second-order valence-corrected chi connectivity index (χ2v) is 7.45. The standard InChI is InChI=1S/C21H32N2O2/c1-5-13-21(14-11-19(12-15-21)23(4)17(2)3)22-20(24)25-16-18-9-7-6-8-10-18/h5-10,17,19H,1,11-16H2,2-4H3,(H,22,24). The van der Waals surface area contributed by atoms with Crippen LogP contribution in [0.1, 0.15) is 51.5 Å². The van der Waals surface area contributed by atoms with E-state index in [-0.39, 0.29) is 11.6 Å². The van der Waals surface area contributed by atoms with Crippen LogP contribution in [0.25, 0.3) is 0 Å². The zero-order chi connectivity index (χ0) is 18.3. The van der Waals surface area contributed by atoms with E-state index in [0.717, 1.165) is 37.7 Å². The molecule has 0 aromatic heterocycles. The fraction of sp³-hybridized carbons (Fsp3) is 0.571. The fourth-order valence-corrected chi connectivity index (χ4v) is 3.62. The van der Waals surface area contributed by atoms with Gasteiger partial charge in [-0.05, 0) is 58.6 Å². The van der Waals surface area contributed by atoms with Crippen LogP contribution in [0.5, 0.6) is 0 Å². The van der Waals surface area contributed by atoms with Crippen LogP contribution in [0.2, 0.25) is 0 Å². The summed E-state index contributed by atoms with van der Waals surface area (Å²) in [6.45, 7) is 8.64. The molecule has 1 amide bonds. The molecule has 0 spiro atoms. The molecule has 0 atom stereocenters. The zero-order valence-electron chi connectivity index (χ0n) is 15.8. The van der Waals surface area contributed by atoms with E-state index in [1.165, 1.54) is 0 Å². The summed E-state index contributed by atoms with van der Waals surface area (Å²) in [6.07, 6.45) is 6.45. The number of benzene rings is 1. The number of nitrogens with one attached hydrogen (secondary N) is 1. The largest absolute Gasteiger partial charge is 0.445 e. The molecule has 0 bridgehead atoms. The summed E-state index contributed by atoms with van der Waals surface area (Å²) >= 11 is 0. The molecule has 1 aromatic carbocycles. The van der Waals surface area contributed by atoms with Crippen molar-refractivity contribution >= 4 is 6.09 Å². The summed E-state index contributed by atoms with van der Waals surface area (Å²) < 4.78 is 5.42. The first-order valence-electron chi connectivity index (χ1n) is 9.27. The van der Waals surface area contributed by atoms with Crippen LogP contribution in [0, 0.1) is 0 Å². The molecule has 25 heavy (non-hydrogen) atoms. The van der Waals surface area contributed by atoms with Crippen molar-refractivity contribution in [3.8, 4) is 0 Å². The summed E-state index contributed by atoms with van der Waals surface area (Å²) in [4.78, 5) is 14.7. The minimum atomic E-state index is -0.332. The molecule has 1 aromatic rings. The quantitative estimate of drug-likeness (QED) is 0.740. The zero-order valence-corrected chi connectivity index (χ0v) is 15.8. The maximum Gasteiger partial charge on any atom is 0.407 e. The third kappa shape index (κ3) is 5.60. The van der Waals surface area contributed by atoms with Crippen LogP contribution in [0.3, 0.4) is 0 Å². The lowest BCUT2D eigenvalue weighted by Crippen LogP contribution is -2.53. The highest BCUT2D eigenvalue weighted by atomic mass is 16.5. The highest BCUT2D eigenvalue weighted by Crippen LogP contribution is 2.34. The lowest BCUT2D eigenvalue weighted by molar-refractivity contribution is 0.0907.